The molecule has 2 heterocycles. The predicted octanol–water partition coefficient (Wildman–Crippen LogP) is 2.92. The molecular weight excluding hydrogens is 393 g/mol. The van der Waals surface area contributed by atoms with E-state index >= 15 is 0 Å². The summed E-state index contributed by atoms with van der Waals surface area (Å²) in [7, 11) is 0. The first-order valence-corrected chi connectivity index (χ1v) is 8.08. The lowest BCUT2D eigenvalue weighted by Crippen LogP contribution is -2.47. The molecule has 108 valence electrons. The second-order valence-electron chi connectivity index (χ2n) is 5.03. The van der Waals surface area contributed by atoms with Gasteiger partial charge in [0.1, 0.15) is 0 Å². The minimum Gasteiger partial charge on any atom is -0.347 e. The lowest BCUT2D eigenvalue weighted by molar-refractivity contribution is -0.181. The molecular formula is C14H15ClINO3. The van der Waals surface area contributed by atoms with Crippen LogP contribution in [-0.2, 0) is 9.47 Å². The van der Waals surface area contributed by atoms with Gasteiger partial charge in [0.15, 0.2) is 5.79 Å². The summed E-state index contributed by atoms with van der Waals surface area (Å²) in [5.74, 6) is -0.391. The Bertz CT molecular complexity index is 521. The number of benzene rings is 1. The number of carbonyl (C=O) groups excluding carboxylic acids is 1. The van der Waals surface area contributed by atoms with Gasteiger partial charge in [0.25, 0.3) is 5.91 Å². The molecule has 0 radical (unpaired) electrons. The predicted molar refractivity (Wildman–Crippen MR) is 83.9 cm³/mol. The van der Waals surface area contributed by atoms with Crippen molar-refractivity contribution in [2.75, 3.05) is 26.3 Å². The molecule has 4 nitrogen and oxygen atoms in total. The van der Waals surface area contributed by atoms with Crippen LogP contribution < -0.4 is 0 Å². The molecule has 0 aromatic heterocycles. The molecule has 0 aliphatic carbocycles. The minimum absolute atomic E-state index is 0.0485. The number of carbonyl (C=O) groups is 1. The quantitative estimate of drug-likeness (QED) is 0.672. The van der Waals surface area contributed by atoms with Crippen molar-refractivity contribution in [3.63, 3.8) is 0 Å². The van der Waals surface area contributed by atoms with Crippen molar-refractivity contribution in [1.82, 2.24) is 4.90 Å². The maximum atomic E-state index is 12.5. The van der Waals surface area contributed by atoms with Crippen LogP contribution in [-0.4, -0.2) is 42.9 Å². The van der Waals surface area contributed by atoms with Crippen LogP contribution in [0.3, 0.4) is 0 Å². The Labute approximate surface area is 136 Å². The maximum absolute atomic E-state index is 12.5. The van der Waals surface area contributed by atoms with Crippen molar-refractivity contribution in [2.45, 2.75) is 18.6 Å². The number of amides is 1. The van der Waals surface area contributed by atoms with Crippen LogP contribution in [0.15, 0.2) is 18.2 Å². The van der Waals surface area contributed by atoms with Gasteiger partial charge in [0, 0.05) is 35.1 Å². The fourth-order valence-corrected chi connectivity index (χ4v) is 3.28. The number of nitrogens with zero attached hydrogens (tertiary/aromatic N) is 1. The van der Waals surface area contributed by atoms with Crippen molar-refractivity contribution >= 4 is 40.1 Å². The van der Waals surface area contributed by atoms with E-state index in [1.54, 1.807) is 12.1 Å². The highest BCUT2D eigenvalue weighted by atomic mass is 127. The number of hydrogen-bond acceptors (Lipinski definition) is 3. The lowest BCUT2D eigenvalue weighted by Gasteiger charge is -2.37. The van der Waals surface area contributed by atoms with E-state index in [2.05, 4.69) is 22.6 Å². The fraction of sp³-hybridized carbons (Fsp3) is 0.500. The van der Waals surface area contributed by atoms with E-state index in [4.69, 9.17) is 21.1 Å². The van der Waals surface area contributed by atoms with Gasteiger partial charge in [-0.05, 0) is 40.8 Å². The molecule has 2 aliphatic heterocycles. The summed E-state index contributed by atoms with van der Waals surface area (Å²) in [6.45, 7) is 2.64. The van der Waals surface area contributed by atoms with Crippen molar-refractivity contribution in [1.29, 1.82) is 0 Å². The summed E-state index contributed by atoms with van der Waals surface area (Å²) < 4.78 is 12.2. The summed E-state index contributed by atoms with van der Waals surface area (Å²) in [4.78, 5) is 14.3. The van der Waals surface area contributed by atoms with Crippen molar-refractivity contribution in [2.24, 2.45) is 0 Å². The molecule has 0 saturated carbocycles. The first-order chi connectivity index (χ1) is 9.60. The van der Waals surface area contributed by atoms with E-state index in [0.717, 1.165) is 16.4 Å². The molecule has 2 aliphatic rings. The first kappa shape index (κ1) is 14.6. The SMILES string of the molecule is O=C(c1ccc(Cl)c(I)c1)N1CCC2(CC1)OCCO2. The largest absolute Gasteiger partial charge is 0.347 e. The molecule has 0 unspecified atom stereocenters. The number of ether oxygens (including phenoxy) is 2. The maximum Gasteiger partial charge on any atom is 0.253 e. The number of rotatable bonds is 1. The highest BCUT2D eigenvalue weighted by Gasteiger charge is 2.40. The Morgan fingerprint density at radius 3 is 2.50 bits per heavy atom. The molecule has 2 fully saturated rings. The van der Waals surface area contributed by atoms with Gasteiger partial charge in [-0.15, -0.1) is 0 Å². The van der Waals surface area contributed by atoms with E-state index in [0.29, 0.717) is 36.9 Å². The van der Waals surface area contributed by atoms with Crippen LogP contribution >= 0.6 is 34.2 Å². The molecule has 3 rings (SSSR count). The van der Waals surface area contributed by atoms with Gasteiger partial charge in [-0.3, -0.25) is 4.79 Å². The van der Waals surface area contributed by atoms with E-state index in [1.165, 1.54) is 0 Å². The van der Waals surface area contributed by atoms with Crippen LogP contribution in [0.5, 0.6) is 0 Å². The second-order valence-corrected chi connectivity index (χ2v) is 6.60. The molecule has 20 heavy (non-hydrogen) atoms. The van der Waals surface area contributed by atoms with Crippen molar-refractivity contribution < 1.29 is 14.3 Å². The molecule has 0 bridgehead atoms. The summed E-state index contributed by atoms with van der Waals surface area (Å²) in [6, 6.07) is 5.38. The summed E-state index contributed by atoms with van der Waals surface area (Å²) in [5.41, 5.74) is 0.683. The second kappa shape index (κ2) is 5.79. The van der Waals surface area contributed by atoms with Crippen LogP contribution in [0.4, 0.5) is 0 Å². The van der Waals surface area contributed by atoms with Gasteiger partial charge in [0.05, 0.1) is 18.2 Å². The lowest BCUT2D eigenvalue weighted by atomic mass is 10.0. The Hall–Kier alpha value is -0.370. The third-order valence-electron chi connectivity index (χ3n) is 3.79. The van der Waals surface area contributed by atoms with Crippen LogP contribution in [0.2, 0.25) is 5.02 Å². The van der Waals surface area contributed by atoms with Crippen molar-refractivity contribution in [3.05, 3.63) is 32.4 Å². The van der Waals surface area contributed by atoms with Gasteiger partial charge in [0.2, 0.25) is 0 Å². The van der Waals surface area contributed by atoms with E-state index in [-0.39, 0.29) is 5.91 Å². The fourth-order valence-electron chi connectivity index (χ4n) is 2.65. The molecule has 1 aromatic carbocycles. The third kappa shape index (κ3) is 2.81. The molecule has 0 atom stereocenters. The number of likely N-dealkylation sites (tertiary alicyclic amines) is 1. The van der Waals surface area contributed by atoms with Crippen LogP contribution in [0.1, 0.15) is 23.2 Å². The smallest absolute Gasteiger partial charge is 0.253 e. The van der Waals surface area contributed by atoms with E-state index in [1.807, 2.05) is 11.0 Å². The van der Waals surface area contributed by atoms with Crippen LogP contribution in [0, 0.1) is 3.57 Å². The number of hydrogen-bond donors (Lipinski definition) is 0. The topological polar surface area (TPSA) is 38.8 Å². The van der Waals surface area contributed by atoms with Gasteiger partial charge < -0.3 is 14.4 Å². The molecule has 0 N–H and O–H groups in total. The molecule has 2 saturated heterocycles. The average molecular weight is 408 g/mol. The Kier molecular flexibility index (Phi) is 4.21. The van der Waals surface area contributed by atoms with Crippen LogP contribution in [0.25, 0.3) is 0 Å². The van der Waals surface area contributed by atoms with Gasteiger partial charge >= 0.3 is 0 Å². The average Bonchev–Trinajstić information content (AvgIpc) is 2.90. The summed E-state index contributed by atoms with van der Waals surface area (Å²) in [6.07, 6.45) is 1.48. The Balaban J connectivity index is 1.68. The van der Waals surface area contributed by atoms with E-state index in [9.17, 15) is 4.79 Å². The molecule has 1 amide bonds. The van der Waals surface area contributed by atoms with Gasteiger partial charge in [-0.25, -0.2) is 0 Å². The third-order valence-corrected chi connectivity index (χ3v) is 5.33. The standard InChI is InChI=1S/C14H15ClINO3/c15-11-2-1-10(9-12(11)16)13(18)17-5-3-14(4-6-17)19-7-8-20-14/h1-2,9H,3-8H2. The Morgan fingerprint density at radius 1 is 1.25 bits per heavy atom. The van der Waals surface area contributed by atoms with Crippen molar-refractivity contribution in [3.8, 4) is 0 Å². The molecule has 1 spiro atoms. The zero-order valence-electron chi connectivity index (χ0n) is 10.9. The normalized spacial score (nSPS) is 21.4. The summed E-state index contributed by atoms with van der Waals surface area (Å²) >= 11 is 8.12. The van der Waals surface area contributed by atoms with Gasteiger partial charge in [-0.2, -0.15) is 0 Å². The number of halogens is 2. The zero-order valence-corrected chi connectivity index (χ0v) is 13.8. The number of piperidine rings is 1. The Morgan fingerprint density at radius 2 is 1.90 bits per heavy atom. The van der Waals surface area contributed by atoms with E-state index < -0.39 is 5.79 Å². The highest BCUT2D eigenvalue weighted by Crippen LogP contribution is 2.32. The molecule has 1 aromatic rings. The monoisotopic (exact) mass is 407 g/mol. The first-order valence-electron chi connectivity index (χ1n) is 6.62. The minimum atomic E-state index is -0.439. The van der Waals surface area contributed by atoms with Gasteiger partial charge in [-0.1, -0.05) is 11.6 Å². The molecule has 6 heteroatoms. The highest BCUT2D eigenvalue weighted by molar-refractivity contribution is 14.1. The zero-order chi connectivity index (χ0) is 14.2. The summed E-state index contributed by atoms with van der Waals surface area (Å²) in [5, 5.41) is 0.674.